The highest BCUT2D eigenvalue weighted by Crippen LogP contribution is 2.35. The molecule has 1 aromatic heterocycles. The number of nitrogens with zero attached hydrogens (tertiary/aromatic N) is 2. The van der Waals surface area contributed by atoms with Crippen molar-refractivity contribution < 1.29 is 9.59 Å². The molecule has 0 unspecified atom stereocenters. The monoisotopic (exact) mass is 297 g/mol. The van der Waals surface area contributed by atoms with E-state index in [-0.39, 0.29) is 11.9 Å². The molecule has 1 aromatic rings. The Morgan fingerprint density at radius 2 is 2.21 bits per heavy atom. The first kappa shape index (κ1) is 12.9. The second-order valence-electron chi connectivity index (χ2n) is 4.82. The van der Waals surface area contributed by atoms with Crippen molar-refractivity contribution >= 4 is 35.0 Å². The van der Waals surface area contributed by atoms with Gasteiger partial charge in [0.15, 0.2) is 0 Å². The summed E-state index contributed by atoms with van der Waals surface area (Å²) in [6, 6.07) is -0.230. The molecule has 7 heteroatoms. The van der Waals surface area contributed by atoms with Crippen LogP contribution in [0, 0.1) is 0 Å². The molecular formula is C12H15N3O2S2. The molecular weight excluding hydrogens is 282 g/mol. The molecule has 2 fully saturated rings. The zero-order valence-corrected chi connectivity index (χ0v) is 12.1. The summed E-state index contributed by atoms with van der Waals surface area (Å²) in [4.78, 5) is 29.8. The minimum atomic E-state index is -0.580. The number of hydrogen-bond acceptors (Lipinski definition) is 5. The number of hydrogen-bond donors (Lipinski definition) is 1. The molecule has 3 rings (SSSR count). The summed E-state index contributed by atoms with van der Waals surface area (Å²) in [5.74, 6) is 0.665. The summed E-state index contributed by atoms with van der Waals surface area (Å²) < 4.78 is 0.975. The zero-order valence-electron chi connectivity index (χ0n) is 10.4. The number of carbonyl (C=O) groups is 2. The van der Waals surface area contributed by atoms with Crippen molar-refractivity contribution in [2.75, 3.05) is 12.3 Å². The molecule has 1 spiro atoms. The van der Waals surface area contributed by atoms with Gasteiger partial charge in [-0.15, -0.1) is 11.3 Å². The summed E-state index contributed by atoms with van der Waals surface area (Å²) in [5.41, 5.74) is -0.580. The molecule has 3 amide bonds. The van der Waals surface area contributed by atoms with Crippen LogP contribution in [0.25, 0.3) is 0 Å². The highest BCUT2D eigenvalue weighted by atomic mass is 32.2. The van der Waals surface area contributed by atoms with Crippen molar-refractivity contribution in [3.8, 4) is 0 Å². The molecule has 0 bridgehead atoms. The van der Waals surface area contributed by atoms with E-state index in [1.165, 1.54) is 4.90 Å². The van der Waals surface area contributed by atoms with Crippen LogP contribution >= 0.6 is 23.1 Å². The van der Waals surface area contributed by atoms with E-state index in [0.717, 1.165) is 30.0 Å². The van der Waals surface area contributed by atoms with Crippen molar-refractivity contribution in [3.63, 3.8) is 0 Å². The van der Waals surface area contributed by atoms with Gasteiger partial charge in [0.05, 0.1) is 0 Å². The smallest absolute Gasteiger partial charge is 0.323 e. The molecule has 2 heterocycles. The van der Waals surface area contributed by atoms with Gasteiger partial charge in [0.1, 0.15) is 9.88 Å². The predicted octanol–water partition coefficient (Wildman–Crippen LogP) is 2.10. The quantitative estimate of drug-likeness (QED) is 0.683. The lowest BCUT2D eigenvalue weighted by atomic mass is 9.98. The van der Waals surface area contributed by atoms with Crippen LogP contribution < -0.4 is 5.32 Å². The SMILES string of the molecule is O=C1NC2(CCCC2)C(=O)N1CCSc1nccs1. The van der Waals surface area contributed by atoms with E-state index in [2.05, 4.69) is 10.3 Å². The number of thiazole rings is 1. The lowest BCUT2D eigenvalue weighted by Gasteiger charge is -2.19. The van der Waals surface area contributed by atoms with Crippen LogP contribution in [0.2, 0.25) is 0 Å². The van der Waals surface area contributed by atoms with Gasteiger partial charge >= 0.3 is 6.03 Å². The Balaban J connectivity index is 1.59. The van der Waals surface area contributed by atoms with Crippen molar-refractivity contribution in [3.05, 3.63) is 11.6 Å². The van der Waals surface area contributed by atoms with E-state index in [0.29, 0.717) is 12.3 Å². The van der Waals surface area contributed by atoms with Crippen LogP contribution in [0.5, 0.6) is 0 Å². The van der Waals surface area contributed by atoms with E-state index in [1.807, 2.05) is 5.38 Å². The van der Waals surface area contributed by atoms with Crippen LogP contribution in [-0.4, -0.2) is 39.7 Å². The lowest BCUT2D eigenvalue weighted by molar-refractivity contribution is -0.130. The van der Waals surface area contributed by atoms with E-state index in [4.69, 9.17) is 0 Å². The number of nitrogens with one attached hydrogen (secondary N) is 1. The maximum atomic E-state index is 12.4. The van der Waals surface area contributed by atoms with Gasteiger partial charge in [0.25, 0.3) is 5.91 Å². The van der Waals surface area contributed by atoms with Gasteiger partial charge in [0.2, 0.25) is 0 Å². The normalized spacial score (nSPS) is 21.4. The summed E-state index contributed by atoms with van der Waals surface area (Å²) in [6.45, 7) is 0.455. The predicted molar refractivity (Wildman–Crippen MR) is 74.3 cm³/mol. The standard InChI is InChI=1S/C12H15N3O2S2/c16-9-12(3-1-2-4-12)14-10(17)15(9)6-8-19-11-13-5-7-18-11/h5,7H,1-4,6,8H2,(H,14,17). The summed E-state index contributed by atoms with van der Waals surface area (Å²) >= 11 is 3.16. The van der Waals surface area contributed by atoms with Crippen LogP contribution in [0.15, 0.2) is 15.9 Å². The molecule has 1 saturated heterocycles. The van der Waals surface area contributed by atoms with Gasteiger partial charge in [-0.2, -0.15) is 0 Å². The first-order chi connectivity index (χ1) is 9.21. The fraction of sp³-hybridized carbons (Fsp3) is 0.583. The Kier molecular flexibility index (Phi) is 3.49. The highest BCUT2D eigenvalue weighted by Gasteiger charge is 2.51. The second kappa shape index (κ2) is 5.13. The first-order valence-electron chi connectivity index (χ1n) is 6.38. The molecule has 102 valence electrons. The zero-order chi connectivity index (χ0) is 13.3. The Bertz CT molecular complexity index is 483. The van der Waals surface area contributed by atoms with Crippen molar-refractivity contribution in [2.24, 2.45) is 0 Å². The fourth-order valence-corrected chi connectivity index (χ4v) is 4.34. The number of rotatable bonds is 4. The number of carbonyl (C=O) groups excluding carboxylic acids is 2. The fourth-order valence-electron chi connectivity index (χ4n) is 2.70. The Labute approximate surface area is 119 Å². The van der Waals surface area contributed by atoms with E-state index in [9.17, 15) is 9.59 Å². The number of imide groups is 1. The van der Waals surface area contributed by atoms with Crippen LogP contribution in [0.3, 0.4) is 0 Å². The molecule has 0 radical (unpaired) electrons. The average molecular weight is 297 g/mol. The Morgan fingerprint density at radius 3 is 2.89 bits per heavy atom. The Morgan fingerprint density at radius 1 is 1.42 bits per heavy atom. The van der Waals surface area contributed by atoms with Gasteiger partial charge < -0.3 is 5.32 Å². The van der Waals surface area contributed by atoms with E-state index >= 15 is 0 Å². The van der Waals surface area contributed by atoms with Crippen molar-refractivity contribution in [2.45, 2.75) is 35.6 Å². The summed E-state index contributed by atoms with van der Waals surface area (Å²) in [7, 11) is 0. The van der Waals surface area contributed by atoms with Gasteiger partial charge in [-0.05, 0) is 12.8 Å². The maximum absolute atomic E-state index is 12.4. The van der Waals surface area contributed by atoms with Gasteiger partial charge in [-0.1, -0.05) is 24.6 Å². The maximum Gasteiger partial charge on any atom is 0.325 e. The third-order valence-electron chi connectivity index (χ3n) is 3.65. The highest BCUT2D eigenvalue weighted by molar-refractivity contribution is 8.01. The van der Waals surface area contributed by atoms with E-state index in [1.54, 1.807) is 29.3 Å². The van der Waals surface area contributed by atoms with Crippen LogP contribution in [0.1, 0.15) is 25.7 Å². The molecule has 0 aromatic carbocycles. The minimum absolute atomic E-state index is 0.0326. The van der Waals surface area contributed by atoms with Gasteiger partial charge in [0, 0.05) is 23.9 Å². The Hall–Kier alpha value is -1.08. The molecule has 1 aliphatic heterocycles. The molecule has 1 N–H and O–H groups in total. The van der Waals surface area contributed by atoms with Crippen LogP contribution in [0.4, 0.5) is 4.79 Å². The number of urea groups is 1. The van der Waals surface area contributed by atoms with Gasteiger partial charge in [-0.3, -0.25) is 9.69 Å². The average Bonchev–Trinajstić information content (AvgIpc) is 3.08. The van der Waals surface area contributed by atoms with Crippen molar-refractivity contribution in [1.82, 2.24) is 15.2 Å². The number of thioether (sulfide) groups is 1. The summed E-state index contributed by atoms with van der Waals surface area (Å²) in [6.07, 6.45) is 5.37. The number of amides is 3. The lowest BCUT2D eigenvalue weighted by Crippen LogP contribution is -2.44. The van der Waals surface area contributed by atoms with Gasteiger partial charge in [-0.25, -0.2) is 9.78 Å². The number of aromatic nitrogens is 1. The molecule has 0 atom stereocenters. The molecule has 1 saturated carbocycles. The van der Waals surface area contributed by atoms with Crippen molar-refractivity contribution in [1.29, 1.82) is 0 Å². The largest absolute Gasteiger partial charge is 0.325 e. The molecule has 5 nitrogen and oxygen atoms in total. The third-order valence-corrected chi connectivity index (χ3v) is 5.60. The minimum Gasteiger partial charge on any atom is -0.323 e. The molecule has 19 heavy (non-hydrogen) atoms. The first-order valence-corrected chi connectivity index (χ1v) is 8.24. The van der Waals surface area contributed by atoms with Crippen LogP contribution in [-0.2, 0) is 4.79 Å². The van der Waals surface area contributed by atoms with E-state index < -0.39 is 5.54 Å². The second-order valence-corrected chi connectivity index (χ2v) is 7.06. The summed E-state index contributed by atoms with van der Waals surface area (Å²) in [5, 5.41) is 4.81. The topological polar surface area (TPSA) is 62.3 Å². The molecule has 1 aliphatic carbocycles. The molecule has 2 aliphatic rings. The third kappa shape index (κ3) is 2.36.